The van der Waals surface area contributed by atoms with Crippen LogP contribution in [0, 0.1) is 0 Å². The molecule has 9 nitrogen and oxygen atoms in total. The van der Waals surface area contributed by atoms with Crippen LogP contribution in [-0.4, -0.2) is 45.5 Å². The van der Waals surface area contributed by atoms with Crippen LogP contribution in [0.15, 0.2) is 24.3 Å². The maximum absolute atomic E-state index is 11.7. The third kappa shape index (κ3) is 10.1. The van der Waals surface area contributed by atoms with Gasteiger partial charge in [-0.3, -0.25) is 4.72 Å². The summed E-state index contributed by atoms with van der Waals surface area (Å²) in [4.78, 5) is 23.1. The maximum Gasteiger partial charge on any atom is 0.407 e. The second-order valence-corrected chi connectivity index (χ2v) is 8.01. The van der Waals surface area contributed by atoms with E-state index in [9.17, 15) is 18.0 Å². The van der Waals surface area contributed by atoms with E-state index in [0.29, 0.717) is 11.4 Å². The van der Waals surface area contributed by atoms with Crippen molar-refractivity contribution in [1.82, 2.24) is 10.6 Å². The van der Waals surface area contributed by atoms with E-state index in [1.807, 2.05) is 0 Å². The molecule has 140 valence electrons. The molecule has 0 fully saturated rings. The van der Waals surface area contributed by atoms with Crippen molar-refractivity contribution in [2.24, 2.45) is 0 Å². The number of amides is 3. The van der Waals surface area contributed by atoms with Crippen molar-refractivity contribution in [2.75, 3.05) is 29.4 Å². The zero-order valence-electron chi connectivity index (χ0n) is 14.7. The van der Waals surface area contributed by atoms with Gasteiger partial charge in [0.2, 0.25) is 10.0 Å². The van der Waals surface area contributed by atoms with Gasteiger partial charge in [0.15, 0.2) is 0 Å². The summed E-state index contributed by atoms with van der Waals surface area (Å²) in [6.45, 7) is 5.72. The van der Waals surface area contributed by atoms with Crippen LogP contribution in [0.4, 0.5) is 21.0 Å². The Morgan fingerprint density at radius 3 is 2.04 bits per heavy atom. The number of alkyl carbamates (subject to hydrolysis) is 1. The minimum absolute atomic E-state index is 0.221. The molecule has 1 aromatic rings. The number of ether oxygens (including phenoxy) is 1. The molecule has 1 rings (SSSR count). The minimum atomic E-state index is -3.34. The van der Waals surface area contributed by atoms with E-state index in [4.69, 9.17) is 4.74 Å². The molecule has 0 bridgehead atoms. The first-order chi connectivity index (χ1) is 11.4. The second-order valence-electron chi connectivity index (χ2n) is 6.26. The van der Waals surface area contributed by atoms with E-state index in [1.165, 1.54) is 12.1 Å². The minimum Gasteiger partial charge on any atom is -0.444 e. The standard InChI is InChI=1S/C15H24N4O5S/c1-15(2,3)24-14(21)17-10-9-16-13(20)18-11-5-7-12(8-6-11)19-25(4,22)23/h5-8,19H,9-10H2,1-4H3,(H,17,21)(H2,16,18,20). The molecule has 25 heavy (non-hydrogen) atoms. The summed E-state index contributed by atoms with van der Waals surface area (Å²) in [5, 5.41) is 7.68. The summed E-state index contributed by atoms with van der Waals surface area (Å²) >= 11 is 0. The lowest BCUT2D eigenvalue weighted by molar-refractivity contribution is 0.0528. The Kier molecular flexibility index (Phi) is 7.04. The van der Waals surface area contributed by atoms with Gasteiger partial charge in [0.05, 0.1) is 6.26 Å². The van der Waals surface area contributed by atoms with Gasteiger partial charge in [-0.25, -0.2) is 18.0 Å². The van der Waals surface area contributed by atoms with E-state index in [0.717, 1.165) is 6.26 Å². The second kappa shape index (κ2) is 8.56. The molecule has 0 saturated heterocycles. The molecule has 0 unspecified atom stereocenters. The Bertz CT molecular complexity index is 696. The number of rotatable bonds is 6. The van der Waals surface area contributed by atoms with E-state index in [-0.39, 0.29) is 13.1 Å². The molecule has 1 aromatic carbocycles. The van der Waals surface area contributed by atoms with Crippen LogP contribution < -0.4 is 20.7 Å². The quantitative estimate of drug-likeness (QED) is 0.566. The van der Waals surface area contributed by atoms with Crippen LogP contribution in [0.3, 0.4) is 0 Å². The Morgan fingerprint density at radius 2 is 1.52 bits per heavy atom. The molecule has 4 N–H and O–H groups in total. The monoisotopic (exact) mass is 372 g/mol. The molecular formula is C15H24N4O5S. The fourth-order valence-corrected chi connectivity index (χ4v) is 2.23. The van der Waals surface area contributed by atoms with Crippen molar-refractivity contribution >= 4 is 33.5 Å². The lowest BCUT2D eigenvalue weighted by atomic mass is 10.2. The van der Waals surface area contributed by atoms with Gasteiger partial charge < -0.3 is 20.7 Å². The highest BCUT2D eigenvalue weighted by atomic mass is 32.2. The van der Waals surface area contributed by atoms with Gasteiger partial charge >= 0.3 is 12.1 Å². The molecule has 10 heteroatoms. The van der Waals surface area contributed by atoms with Crippen molar-refractivity contribution in [2.45, 2.75) is 26.4 Å². The first-order valence-corrected chi connectivity index (χ1v) is 9.43. The van der Waals surface area contributed by atoms with Crippen LogP contribution in [0.2, 0.25) is 0 Å². The number of carbonyl (C=O) groups excluding carboxylic acids is 2. The van der Waals surface area contributed by atoms with Crippen molar-refractivity contribution in [3.8, 4) is 0 Å². The Hall–Kier alpha value is -2.49. The fourth-order valence-electron chi connectivity index (χ4n) is 1.67. The Labute approximate surface area is 147 Å². The number of sulfonamides is 1. The number of hydrogen-bond acceptors (Lipinski definition) is 5. The highest BCUT2D eigenvalue weighted by molar-refractivity contribution is 7.92. The van der Waals surface area contributed by atoms with Gasteiger partial charge in [0.1, 0.15) is 5.60 Å². The third-order valence-electron chi connectivity index (χ3n) is 2.52. The molecule has 0 aliphatic heterocycles. The molecule has 0 atom stereocenters. The number of carbonyl (C=O) groups is 2. The van der Waals surface area contributed by atoms with Crippen molar-refractivity contribution < 1.29 is 22.7 Å². The lowest BCUT2D eigenvalue weighted by Gasteiger charge is -2.19. The maximum atomic E-state index is 11.7. The molecule has 0 spiro atoms. The number of urea groups is 1. The van der Waals surface area contributed by atoms with Crippen LogP contribution in [0.25, 0.3) is 0 Å². The van der Waals surface area contributed by atoms with Crippen LogP contribution in [0.1, 0.15) is 20.8 Å². The predicted molar refractivity (Wildman–Crippen MR) is 96.2 cm³/mol. The van der Waals surface area contributed by atoms with Gasteiger partial charge in [-0.2, -0.15) is 0 Å². The van der Waals surface area contributed by atoms with E-state index in [1.54, 1.807) is 32.9 Å². The van der Waals surface area contributed by atoms with E-state index >= 15 is 0 Å². The summed E-state index contributed by atoms with van der Waals surface area (Å²) in [6, 6.07) is 5.73. The zero-order chi connectivity index (χ0) is 19.1. The van der Waals surface area contributed by atoms with Crippen LogP contribution in [-0.2, 0) is 14.8 Å². The average Bonchev–Trinajstić information content (AvgIpc) is 2.42. The summed E-state index contributed by atoms with van der Waals surface area (Å²) in [5.74, 6) is 0. The number of nitrogens with one attached hydrogen (secondary N) is 4. The number of anilines is 2. The normalized spacial score (nSPS) is 11.4. The first kappa shape index (κ1) is 20.6. The van der Waals surface area contributed by atoms with Gasteiger partial charge in [-0.05, 0) is 45.0 Å². The molecule has 0 aliphatic carbocycles. The SMILES string of the molecule is CC(C)(C)OC(=O)NCCNC(=O)Nc1ccc(NS(C)(=O)=O)cc1. The van der Waals surface area contributed by atoms with Gasteiger partial charge in [0, 0.05) is 24.5 Å². The van der Waals surface area contributed by atoms with Crippen molar-refractivity contribution in [3.05, 3.63) is 24.3 Å². The Balaban J connectivity index is 2.32. The Morgan fingerprint density at radius 1 is 1.00 bits per heavy atom. The molecular weight excluding hydrogens is 348 g/mol. The molecule has 3 amide bonds. The van der Waals surface area contributed by atoms with Gasteiger partial charge in [0.25, 0.3) is 0 Å². The molecule has 0 saturated carbocycles. The largest absolute Gasteiger partial charge is 0.444 e. The highest BCUT2D eigenvalue weighted by Crippen LogP contribution is 2.14. The first-order valence-electron chi connectivity index (χ1n) is 7.54. The van der Waals surface area contributed by atoms with Gasteiger partial charge in [-0.1, -0.05) is 0 Å². The van der Waals surface area contributed by atoms with Crippen LogP contribution >= 0.6 is 0 Å². The smallest absolute Gasteiger partial charge is 0.407 e. The van der Waals surface area contributed by atoms with Crippen molar-refractivity contribution in [3.63, 3.8) is 0 Å². The van der Waals surface area contributed by atoms with E-state index in [2.05, 4.69) is 20.7 Å². The summed E-state index contributed by atoms with van der Waals surface area (Å²) in [5.41, 5.74) is 0.319. The van der Waals surface area contributed by atoms with Crippen molar-refractivity contribution in [1.29, 1.82) is 0 Å². The number of hydrogen-bond donors (Lipinski definition) is 4. The average molecular weight is 372 g/mol. The number of benzene rings is 1. The lowest BCUT2D eigenvalue weighted by Crippen LogP contribution is -2.39. The molecule has 0 aromatic heterocycles. The summed E-state index contributed by atoms with van der Waals surface area (Å²) in [7, 11) is -3.34. The molecule has 0 radical (unpaired) electrons. The van der Waals surface area contributed by atoms with Gasteiger partial charge in [-0.15, -0.1) is 0 Å². The van der Waals surface area contributed by atoms with E-state index < -0.39 is 27.7 Å². The topological polar surface area (TPSA) is 126 Å². The summed E-state index contributed by atoms with van der Waals surface area (Å²) in [6.07, 6.45) is 0.501. The highest BCUT2D eigenvalue weighted by Gasteiger charge is 2.15. The molecule has 0 aliphatic rings. The zero-order valence-corrected chi connectivity index (χ0v) is 15.5. The predicted octanol–water partition coefficient (Wildman–Crippen LogP) is 1.70. The fraction of sp³-hybridized carbons (Fsp3) is 0.467. The third-order valence-corrected chi connectivity index (χ3v) is 3.13. The summed E-state index contributed by atoms with van der Waals surface area (Å²) < 4.78 is 29.6. The molecule has 0 heterocycles. The van der Waals surface area contributed by atoms with Crippen LogP contribution in [0.5, 0.6) is 0 Å².